The molecule has 1 aliphatic heterocycles. The summed E-state index contributed by atoms with van der Waals surface area (Å²) >= 11 is 1.57. The molecule has 0 fully saturated rings. The summed E-state index contributed by atoms with van der Waals surface area (Å²) in [6, 6.07) is 9.17. The van der Waals surface area contributed by atoms with E-state index in [1.165, 1.54) is 9.69 Å². The summed E-state index contributed by atoms with van der Waals surface area (Å²) in [6.45, 7) is 9.73. The highest BCUT2D eigenvalue weighted by atomic mass is 32.1. The van der Waals surface area contributed by atoms with Gasteiger partial charge >= 0.3 is 0 Å². The summed E-state index contributed by atoms with van der Waals surface area (Å²) in [7, 11) is 3.16. The monoisotopic (exact) mass is 562 g/mol. The average Bonchev–Trinajstić information content (AvgIpc) is 3.68. The molecule has 0 N–H and O–H groups in total. The molecule has 1 aliphatic rings. The van der Waals surface area contributed by atoms with E-state index in [2.05, 4.69) is 10.2 Å². The third kappa shape index (κ3) is 4.90. The fourth-order valence-corrected chi connectivity index (χ4v) is 5.71. The van der Waals surface area contributed by atoms with Crippen LogP contribution in [0.25, 0.3) is 10.9 Å². The van der Waals surface area contributed by atoms with Gasteiger partial charge in [-0.1, -0.05) is 26.0 Å². The summed E-state index contributed by atoms with van der Waals surface area (Å²) in [5.74, 6) is 0.855. The van der Waals surface area contributed by atoms with Crippen molar-refractivity contribution >= 4 is 33.9 Å². The van der Waals surface area contributed by atoms with Crippen LogP contribution in [0.5, 0.6) is 11.5 Å². The van der Waals surface area contributed by atoms with Gasteiger partial charge in [0.1, 0.15) is 12.1 Å². The van der Waals surface area contributed by atoms with E-state index in [1.807, 2.05) is 70.3 Å². The van der Waals surface area contributed by atoms with Crippen molar-refractivity contribution < 1.29 is 14.3 Å². The number of hydrogen-bond donors (Lipinski definition) is 0. The Kier molecular flexibility index (Phi) is 7.26. The van der Waals surface area contributed by atoms with Crippen molar-refractivity contribution in [2.45, 2.75) is 65.1 Å². The Labute approximate surface area is 236 Å². The van der Waals surface area contributed by atoms with Gasteiger partial charge in [-0.25, -0.2) is 9.69 Å². The first-order valence-electron chi connectivity index (χ1n) is 13.2. The molecule has 0 radical (unpaired) electrons. The van der Waals surface area contributed by atoms with Crippen LogP contribution in [0.2, 0.25) is 0 Å². The minimum atomic E-state index is -0.425. The Hall–Kier alpha value is -3.99. The SMILES string of the molecule is COc1ccc(C2CC(c3cccs3)=NN2C(=O)Cn2nc(C(C)C)c3cnn(C(C)(C)C)c3c2=O)cc1OC. The molecule has 0 saturated heterocycles. The van der Waals surface area contributed by atoms with Crippen molar-refractivity contribution in [1.82, 2.24) is 24.6 Å². The zero-order chi connectivity index (χ0) is 28.8. The van der Waals surface area contributed by atoms with E-state index in [0.717, 1.165) is 21.8 Å². The molecule has 210 valence electrons. The molecule has 5 rings (SSSR count). The maximum absolute atomic E-state index is 13.9. The van der Waals surface area contributed by atoms with E-state index in [0.29, 0.717) is 28.8 Å². The molecule has 0 bridgehead atoms. The number of methoxy groups -OCH3 is 2. The fourth-order valence-electron chi connectivity index (χ4n) is 4.99. The Morgan fingerprint density at radius 1 is 1.15 bits per heavy atom. The first-order valence-corrected chi connectivity index (χ1v) is 14.1. The van der Waals surface area contributed by atoms with Crippen molar-refractivity contribution in [2.24, 2.45) is 5.10 Å². The standard InChI is InChI=1S/C29H34N6O4S/c1-17(2)26-19-15-30-35(29(3,4)5)27(19)28(37)33(32-26)16-25(36)34-21(14-20(31-34)24-9-8-12-40-24)18-10-11-22(38-6)23(13-18)39-7/h8-13,15,17,21H,14,16H2,1-7H3. The Balaban J connectivity index is 1.57. The zero-order valence-electron chi connectivity index (χ0n) is 23.8. The molecule has 4 aromatic rings. The van der Waals surface area contributed by atoms with Gasteiger partial charge in [0, 0.05) is 11.8 Å². The molecule has 1 atom stereocenters. The van der Waals surface area contributed by atoms with Gasteiger partial charge in [-0.05, 0) is 55.8 Å². The largest absolute Gasteiger partial charge is 0.493 e. The minimum Gasteiger partial charge on any atom is -0.493 e. The van der Waals surface area contributed by atoms with E-state index < -0.39 is 5.54 Å². The predicted molar refractivity (Wildman–Crippen MR) is 155 cm³/mol. The molecule has 3 aromatic heterocycles. The molecular weight excluding hydrogens is 528 g/mol. The summed E-state index contributed by atoms with van der Waals surface area (Å²) in [4.78, 5) is 28.7. The predicted octanol–water partition coefficient (Wildman–Crippen LogP) is 4.93. The van der Waals surface area contributed by atoms with Gasteiger partial charge in [0.25, 0.3) is 11.5 Å². The van der Waals surface area contributed by atoms with Crippen LogP contribution in [0.15, 0.2) is 51.8 Å². The Morgan fingerprint density at radius 2 is 1.90 bits per heavy atom. The summed E-state index contributed by atoms with van der Waals surface area (Å²) in [6.07, 6.45) is 2.22. The van der Waals surface area contributed by atoms with Crippen LogP contribution in [0.4, 0.5) is 0 Å². The van der Waals surface area contributed by atoms with Crippen molar-refractivity contribution in [3.8, 4) is 11.5 Å². The Morgan fingerprint density at radius 3 is 2.52 bits per heavy atom. The molecule has 11 heteroatoms. The average molecular weight is 563 g/mol. The number of nitrogens with zero attached hydrogens (tertiary/aromatic N) is 6. The van der Waals surface area contributed by atoms with Crippen LogP contribution in [-0.2, 0) is 16.9 Å². The maximum Gasteiger partial charge on any atom is 0.293 e. The molecule has 0 spiro atoms. The highest BCUT2D eigenvalue weighted by Crippen LogP contribution is 2.38. The first-order chi connectivity index (χ1) is 19.0. The molecular formula is C29H34N6O4S. The molecule has 0 saturated carbocycles. The fraction of sp³-hybridized carbons (Fsp3) is 0.414. The number of carbonyl (C=O) groups is 1. The van der Waals surface area contributed by atoms with E-state index in [1.54, 1.807) is 36.4 Å². The third-order valence-electron chi connectivity index (χ3n) is 6.94. The number of hydrazone groups is 1. The summed E-state index contributed by atoms with van der Waals surface area (Å²) in [5.41, 5.74) is 2.05. The highest BCUT2D eigenvalue weighted by molar-refractivity contribution is 7.12. The maximum atomic E-state index is 13.9. The van der Waals surface area contributed by atoms with Gasteiger partial charge < -0.3 is 9.47 Å². The van der Waals surface area contributed by atoms with Gasteiger partial charge in [-0.15, -0.1) is 11.3 Å². The normalized spacial score (nSPS) is 15.7. The third-order valence-corrected chi connectivity index (χ3v) is 7.86. The molecule has 1 aromatic carbocycles. The Bertz CT molecular complexity index is 1650. The lowest BCUT2D eigenvalue weighted by Gasteiger charge is -2.24. The summed E-state index contributed by atoms with van der Waals surface area (Å²) in [5, 5.41) is 18.1. The zero-order valence-corrected chi connectivity index (χ0v) is 24.7. The van der Waals surface area contributed by atoms with Crippen molar-refractivity contribution in [2.75, 3.05) is 14.2 Å². The molecule has 0 aliphatic carbocycles. The van der Waals surface area contributed by atoms with Gasteiger partial charge in [0.15, 0.2) is 11.5 Å². The van der Waals surface area contributed by atoms with Gasteiger partial charge in [0.05, 0.1) is 48.3 Å². The lowest BCUT2D eigenvalue weighted by Crippen LogP contribution is -2.37. The van der Waals surface area contributed by atoms with Gasteiger partial charge in [-0.2, -0.15) is 15.3 Å². The quantitative estimate of drug-likeness (QED) is 0.317. The summed E-state index contributed by atoms with van der Waals surface area (Å²) < 4.78 is 13.9. The lowest BCUT2D eigenvalue weighted by atomic mass is 10.0. The minimum absolute atomic E-state index is 0.0248. The second-order valence-corrected chi connectivity index (χ2v) is 12.0. The van der Waals surface area contributed by atoms with Crippen molar-refractivity contribution in [3.63, 3.8) is 0 Å². The number of hydrogen-bond acceptors (Lipinski definition) is 8. The number of amides is 1. The van der Waals surface area contributed by atoms with Crippen molar-refractivity contribution in [1.29, 1.82) is 0 Å². The van der Waals surface area contributed by atoms with E-state index >= 15 is 0 Å². The highest BCUT2D eigenvalue weighted by Gasteiger charge is 2.35. The van der Waals surface area contributed by atoms with Crippen LogP contribution in [-0.4, -0.2) is 50.4 Å². The number of fused-ring (bicyclic) bond motifs is 1. The van der Waals surface area contributed by atoms with Gasteiger partial charge in [0.2, 0.25) is 0 Å². The first kappa shape index (κ1) is 27.6. The van der Waals surface area contributed by atoms with Crippen LogP contribution < -0.4 is 15.0 Å². The second kappa shape index (κ2) is 10.5. The van der Waals surface area contributed by atoms with Crippen LogP contribution in [0, 0.1) is 0 Å². The number of rotatable bonds is 7. The molecule has 40 heavy (non-hydrogen) atoms. The lowest BCUT2D eigenvalue weighted by molar-refractivity contribution is -0.133. The number of aromatic nitrogens is 4. The number of thiophene rings is 1. The number of carbonyl (C=O) groups excluding carboxylic acids is 1. The van der Waals surface area contributed by atoms with E-state index in [-0.39, 0.29) is 30.0 Å². The topological polar surface area (TPSA) is 104 Å². The second-order valence-electron chi connectivity index (χ2n) is 11.1. The molecule has 1 unspecified atom stereocenters. The van der Waals surface area contributed by atoms with E-state index in [9.17, 15) is 9.59 Å². The molecule has 10 nitrogen and oxygen atoms in total. The van der Waals surface area contributed by atoms with Crippen LogP contribution in [0.1, 0.15) is 69.1 Å². The van der Waals surface area contributed by atoms with E-state index in [4.69, 9.17) is 14.6 Å². The van der Waals surface area contributed by atoms with Crippen molar-refractivity contribution in [3.05, 3.63) is 68.4 Å². The number of ether oxygens (including phenoxy) is 2. The van der Waals surface area contributed by atoms with Gasteiger partial charge in [-0.3, -0.25) is 14.3 Å². The molecule has 1 amide bonds. The molecule has 4 heterocycles. The number of benzene rings is 1. The van der Waals surface area contributed by atoms with Crippen LogP contribution in [0.3, 0.4) is 0 Å². The van der Waals surface area contributed by atoms with Crippen LogP contribution >= 0.6 is 11.3 Å². The smallest absolute Gasteiger partial charge is 0.293 e.